The van der Waals surface area contributed by atoms with Crippen molar-refractivity contribution in [2.24, 2.45) is 5.73 Å². The van der Waals surface area contributed by atoms with Crippen molar-refractivity contribution in [3.63, 3.8) is 0 Å². The Kier molecular flexibility index (Phi) is 4.18. The Morgan fingerprint density at radius 3 is 2.92 bits per heavy atom. The molecule has 0 radical (unpaired) electrons. The normalized spacial score (nSPS) is 25.5. The zero-order valence-corrected chi connectivity index (χ0v) is 8.16. The third kappa shape index (κ3) is 3.74. The van der Waals surface area contributed by atoms with Crippen LogP contribution in [0, 0.1) is 0 Å². The molecule has 2 N–H and O–H groups in total. The van der Waals surface area contributed by atoms with E-state index < -0.39 is 0 Å². The smallest absolute Gasteiger partial charge is 0.231 e. The van der Waals surface area contributed by atoms with Crippen molar-refractivity contribution in [1.82, 2.24) is 4.90 Å². The number of rotatable bonds is 3. The van der Waals surface area contributed by atoms with Crippen molar-refractivity contribution in [2.45, 2.75) is 25.4 Å². The van der Waals surface area contributed by atoms with E-state index in [9.17, 15) is 4.79 Å². The molecule has 0 spiro atoms. The van der Waals surface area contributed by atoms with Gasteiger partial charge in [0.2, 0.25) is 5.91 Å². The summed E-state index contributed by atoms with van der Waals surface area (Å²) in [5, 5.41) is 0. The minimum atomic E-state index is -0.240. The van der Waals surface area contributed by atoms with Gasteiger partial charge in [0.15, 0.2) is 0 Å². The molecule has 0 aliphatic carbocycles. The highest BCUT2D eigenvalue weighted by Crippen LogP contribution is 2.12. The van der Waals surface area contributed by atoms with E-state index in [-0.39, 0.29) is 5.91 Å². The molecule has 1 aliphatic heterocycles. The van der Waals surface area contributed by atoms with Gasteiger partial charge in [-0.15, -0.1) is 0 Å². The maximum Gasteiger partial charge on any atom is 0.231 e. The van der Waals surface area contributed by atoms with Crippen LogP contribution in [0.3, 0.4) is 0 Å². The lowest BCUT2D eigenvalue weighted by atomic mass is 10.2. The summed E-state index contributed by atoms with van der Waals surface area (Å²) in [4.78, 5) is 12.8. The molecule has 4 nitrogen and oxygen atoms in total. The predicted octanol–water partition coefficient (Wildman–Crippen LogP) is -0.0274. The third-order valence-corrected chi connectivity index (χ3v) is 2.48. The number of nitrogens with zero attached hydrogens (tertiary/aromatic N) is 1. The van der Waals surface area contributed by atoms with E-state index in [1.54, 1.807) is 7.11 Å². The minimum Gasteiger partial charge on any atom is -0.381 e. The molecule has 0 bridgehead atoms. The van der Waals surface area contributed by atoms with E-state index >= 15 is 0 Å². The largest absolute Gasteiger partial charge is 0.381 e. The minimum absolute atomic E-state index is 0.240. The van der Waals surface area contributed by atoms with Gasteiger partial charge in [0, 0.05) is 13.7 Å². The number of hydrogen-bond acceptors (Lipinski definition) is 3. The van der Waals surface area contributed by atoms with Gasteiger partial charge in [0.25, 0.3) is 0 Å². The van der Waals surface area contributed by atoms with Crippen LogP contribution >= 0.6 is 0 Å². The first kappa shape index (κ1) is 10.5. The van der Waals surface area contributed by atoms with Gasteiger partial charge < -0.3 is 10.5 Å². The molecule has 1 rings (SSSR count). The summed E-state index contributed by atoms with van der Waals surface area (Å²) in [6.07, 6.45) is 3.54. The fourth-order valence-electron chi connectivity index (χ4n) is 1.74. The lowest BCUT2D eigenvalue weighted by molar-refractivity contribution is -0.119. The Morgan fingerprint density at radius 1 is 1.54 bits per heavy atom. The summed E-state index contributed by atoms with van der Waals surface area (Å²) in [5.41, 5.74) is 5.13. The summed E-state index contributed by atoms with van der Waals surface area (Å²) >= 11 is 0. The number of nitrogens with two attached hydrogens (primary N) is 1. The maximum atomic E-state index is 10.7. The zero-order chi connectivity index (χ0) is 9.68. The van der Waals surface area contributed by atoms with Crippen LogP contribution in [0.25, 0.3) is 0 Å². The molecule has 1 heterocycles. The van der Waals surface area contributed by atoms with Crippen LogP contribution in [-0.4, -0.2) is 43.7 Å². The first-order valence-corrected chi connectivity index (χ1v) is 4.76. The second kappa shape index (κ2) is 5.19. The summed E-state index contributed by atoms with van der Waals surface area (Å²) < 4.78 is 5.28. The quantitative estimate of drug-likeness (QED) is 0.673. The molecule has 1 atom stereocenters. The number of carbonyl (C=O) groups excluding carboxylic acids is 1. The molecular weight excluding hydrogens is 168 g/mol. The van der Waals surface area contributed by atoms with Crippen LogP contribution in [-0.2, 0) is 9.53 Å². The van der Waals surface area contributed by atoms with Gasteiger partial charge >= 0.3 is 0 Å². The monoisotopic (exact) mass is 186 g/mol. The molecule has 76 valence electrons. The first-order valence-electron chi connectivity index (χ1n) is 4.76. The van der Waals surface area contributed by atoms with Gasteiger partial charge in [0.05, 0.1) is 12.6 Å². The molecule has 0 saturated carbocycles. The summed E-state index contributed by atoms with van der Waals surface area (Å²) in [5.74, 6) is -0.240. The average molecular weight is 186 g/mol. The highest BCUT2D eigenvalue weighted by atomic mass is 16.5. The molecule has 4 heteroatoms. The van der Waals surface area contributed by atoms with Crippen molar-refractivity contribution < 1.29 is 9.53 Å². The standard InChI is InChI=1S/C9H18N2O2/c1-13-8-3-2-5-11(6-4-8)7-9(10)12/h8H,2-7H2,1H3,(H2,10,12). The molecule has 1 aliphatic rings. The average Bonchev–Trinajstić information content (AvgIpc) is 2.29. The lowest BCUT2D eigenvalue weighted by Gasteiger charge is -2.17. The Bertz CT molecular complexity index is 173. The van der Waals surface area contributed by atoms with E-state index in [2.05, 4.69) is 4.90 Å². The van der Waals surface area contributed by atoms with Crippen molar-refractivity contribution in [3.05, 3.63) is 0 Å². The van der Waals surface area contributed by atoms with E-state index in [0.29, 0.717) is 12.6 Å². The van der Waals surface area contributed by atoms with Gasteiger partial charge in [-0.1, -0.05) is 0 Å². The topological polar surface area (TPSA) is 55.6 Å². The van der Waals surface area contributed by atoms with Gasteiger partial charge in [0.1, 0.15) is 0 Å². The van der Waals surface area contributed by atoms with Crippen LogP contribution in [0.2, 0.25) is 0 Å². The van der Waals surface area contributed by atoms with Crippen molar-refractivity contribution in [2.75, 3.05) is 26.7 Å². The van der Waals surface area contributed by atoms with Crippen molar-refractivity contribution >= 4 is 5.91 Å². The van der Waals surface area contributed by atoms with E-state index in [1.807, 2.05) is 0 Å². The Balaban J connectivity index is 2.31. The molecule has 1 amide bonds. The summed E-state index contributed by atoms with van der Waals surface area (Å²) in [6, 6.07) is 0. The number of carbonyl (C=O) groups is 1. The molecule has 13 heavy (non-hydrogen) atoms. The fourth-order valence-corrected chi connectivity index (χ4v) is 1.74. The van der Waals surface area contributed by atoms with Gasteiger partial charge in [-0.05, 0) is 25.8 Å². The Hall–Kier alpha value is -0.610. The maximum absolute atomic E-state index is 10.7. The van der Waals surface area contributed by atoms with Crippen molar-refractivity contribution in [1.29, 1.82) is 0 Å². The molecule has 0 aromatic rings. The van der Waals surface area contributed by atoms with Crippen LogP contribution in [0.4, 0.5) is 0 Å². The van der Waals surface area contributed by atoms with Crippen LogP contribution < -0.4 is 5.73 Å². The summed E-state index contributed by atoms with van der Waals surface area (Å²) in [6.45, 7) is 2.26. The predicted molar refractivity (Wildman–Crippen MR) is 50.3 cm³/mol. The van der Waals surface area contributed by atoms with E-state index in [4.69, 9.17) is 10.5 Å². The number of ether oxygens (including phenoxy) is 1. The molecule has 1 fully saturated rings. The zero-order valence-electron chi connectivity index (χ0n) is 8.16. The second-order valence-electron chi connectivity index (χ2n) is 3.53. The lowest BCUT2D eigenvalue weighted by Crippen LogP contribution is -2.34. The van der Waals surface area contributed by atoms with Crippen LogP contribution in [0.5, 0.6) is 0 Å². The van der Waals surface area contributed by atoms with E-state index in [1.165, 1.54) is 0 Å². The highest BCUT2D eigenvalue weighted by molar-refractivity contribution is 5.75. The van der Waals surface area contributed by atoms with E-state index in [0.717, 1.165) is 32.4 Å². The highest BCUT2D eigenvalue weighted by Gasteiger charge is 2.16. The number of hydrogen-bond donors (Lipinski definition) is 1. The number of amides is 1. The molecule has 1 saturated heterocycles. The van der Waals surface area contributed by atoms with Crippen molar-refractivity contribution in [3.8, 4) is 0 Å². The number of methoxy groups -OCH3 is 1. The van der Waals surface area contributed by atoms with Crippen LogP contribution in [0.15, 0.2) is 0 Å². The van der Waals surface area contributed by atoms with Gasteiger partial charge in [-0.25, -0.2) is 0 Å². The van der Waals surface area contributed by atoms with Crippen LogP contribution in [0.1, 0.15) is 19.3 Å². The molecular formula is C9H18N2O2. The Morgan fingerprint density at radius 2 is 2.31 bits per heavy atom. The van der Waals surface area contributed by atoms with Gasteiger partial charge in [-0.2, -0.15) is 0 Å². The number of primary amides is 1. The second-order valence-corrected chi connectivity index (χ2v) is 3.53. The van der Waals surface area contributed by atoms with Gasteiger partial charge in [-0.3, -0.25) is 9.69 Å². The SMILES string of the molecule is COC1CCCN(CC(N)=O)CC1. The first-order chi connectivity index (χ1) is 6.22. The third-order valence-electron chi connectivity index (χ3n) is 2.48. The molecule has 0 aromatic heterocycles. The molecule has 1 unspecified atom stereocenters. The Labute approximate surface area is 79.0 Å². The number of likely N-dealkylation sites (tertiary alicyclic amines) is 1. The summed E-state index contributed by atoms with van der Waals surface area (Å²) in [7, 11) is 1.74. The fraction of sp³-hybridized carbons (Fsp3) is 0.889. The molecule has 0 aromatic carbocycles.